The molecule has 1 aliphatic rings. The molecule has 0 saturated carbocycles. The smallest absolute Gasteiger partial charge is 0.112 e. The van der Waals surface area contributed by atoms with Gasteiger partial charge in [0.05, 0.1) is 19.3 Å². The van der Waals surface area contributed by atoms with Gasteiger partial charge in [0.2, 0.25) is 0 Å². The van der Waals surface area contributed by atoms with Crippen molar-refractivity contribution in [1.82, 2.24) is 0 Å². The number of ether oxygens (including phenoxy) is 4. The van der Waals surface area contributed by atoms with Crippen molar-refractivity contribution in [2.45, 2.75) is 46.0 Å². The van der Waals surface area contributed by atoms with E-state index in [-0.39, 0.29) is 18.3 Å². The summed E-state index contributed by atoms with van der Waals surface area (Å²) in [5, 5.41) is 0. The van der Waals surface area contributed by atoms with Gasteiger partial charge >= 0.3 is 0 Å². The summed E-state index contributed by atoms with van der Waals surface area (Å²) in [6.45, 7) is 11.6. The van der Waals surface area contributed by atoms with Gasteiger partial charge in [-0.15, -0.1) is 0 Å². The van der Waals surface area contributed by atoms with Crippen LogP contribution >= 0.6 is 0 Å². The zero-order chi connectivity index (χ0) is 12.7. The average Bonchev–Trinajstić information content (AvgIpc) is 2.71. The van der Waals surface area contributed by atoms with Crippen LogP contribution in [0.15, 0.2) is 0 Å². The van der Waals surface area contributed by atoms with Crippen LogP contribution < -0.4 is 0 Å². The highest BCUT2D eigenvalue weighted by Crippen LogP contribution is 2.26. The Bertz CT molecular complexity index is 198. The summed E-state index contributed by atoms with van der Waals surface area (Å²) in [6.07, 6.45) is 0.183. The molecule has 0 spiro atoms. The molecule has 0 amide bonds. The van der Waals surface area contributed by atoms with Crippen molar-refractivity contribution in [1.29, 1.82) is 0 Å². The fourth-order valence-corrected chi connectivity index (χ4v) is 2.25. The Morgan fingerprint density at radius 3 is 2.41 bits per heavy atom. The van der Waals surface area contributed by atoms with Gasteiger partial charge in [-0.05, 0) is 20.8 Å². The van der Waals surface area contributed by atoms with Crippen LogP contribution in [0.1, 0.15) is 27.7 Å². The third-order valence-electron chi connectivity index (χ3n) is 3.03. The van der Waals surface area contributed by atoms with Crippen molar-refractivity contribution in [3.05, 3.63) is 0 Å². The van der Waals surface area contributed by atoms with Crippen LogP contribution in [0.5, 0.6) is 0 Å². The van der Waals surface area contributed by atoms with Crippen LogP contribution in [-0.2, 0) is 18.9 Å². The van der Waals surface area contributed by atoms with Crippen molar-refractivity contribution in [2.75, 3.05) is 33.0 Å². The molecule has 0 aliphatic carbocycles. The third-order valence-corrected chi connectivity index (χ3v) is 3.03. The molecule has 1 rings (SSSR count). The van der Waals surface area contributed by atoms with E-state index in [0.717, 1.165) is 6.61 Å². The summed E-state index contributed by atoms with van der Waals surface area (Å²) >= 11 is 0. The van der Waals surface area contributed by atoms with Crippen LogP contribution in [0.2, 0.25) is 0 Å². The first-order chi connectivity index (χ1) is 8.24. The van der Waals surface area contributed by atoms with E-state index in [1.807, 2.05) is 20.8 Å². The first-order valence-corrected chi connectivity index (χ1v) is 6.67. The van der Waals surface area contributed by atoms with E-state index in [1.54, 1.807) is 0 Å². The molecule has 4 nitrogen and oxygen atoms in total. The van der Waals surface area contributed by atoms with Crippen molar-refractivity contribution < 1.29 is 18.9 Å². The van der Waals surface area contributed by atoms with E-state index in [4.69, 9.17) is 18.9 Å². The van der Waals surface area contributed by atoms with Crippen LogP contribution in [-0.4, -0.2) is 51.3 Å². The predicted octanol–water partition coefficient (Wildman–Crippen LogP) is 1.87. The Morgan fingerprint density at radius 1 is 1.12 bits per heavy atom. The molecular weight excluding hydrogens is 220 g/mol. The van der Waals surface area contributed by atoms with Gasteiger partial charge in [-0.2, -0.15) is 0 Å². The van der Waals surface area contributed by atoms with Gasteiger partial charge in [0.15, 0.2) is 0 Å². The maximum atomic E-state index is 5.81. The van der Waals surface area contributed by atoms with Crippen LogP contribution in [0.3, 0.4) is 0 Å². The normalized spacial score (nSPS) is 30.7. The van der Waals surface area contributed by atoms with E-state index in [9.17, 15) is 0 Å². The molecule has 4 atom stereocenters. The van der Waals surface area contributed by atoms with E-state index in [0.29, 0.717) is 32.3 Å². The zero-order valence-electron chi connectivity index (χ0n) is 11.5. The Labute approximate surface area is 105 Å². The largest absolute Gasteiger partial charge is 0.381 e. The van der Waals surface area contributed by atoms with Gasteiger partial charge in [0.25, 0.3) is 0 Å². The van der Waals surface area contributed by atoms with Crippen molar-refractivity contribution >= 4 is 0 Å². The maximum absolute atomic E-state index is 5.81. The second kappa shape index (κ2) is 8.03. The minimum atomic E-state index is 0.0374. The second-order valence-electron chi connectivity index (χ2n) is 4.35. The lowest BCUT2D eigenvalue weighted by molar-refractivity contribution is -0.0745. The highest BCUT2D eigenvalue weighted by atomic mass is 16.6. The van der Waals surface area contributed by atoms with E-state index in [2.05, 4.69) is 6.92 Å². The molecule has 3 unspecified atom stereocenters. The molecule has 0 aromatic rings. The van der Waals surface area contributed by atoms with Crippen LogP contribution in [0.25, 0.3) is 0 Å². The molecule has 1 fully saturated rings. The average molecular weight is 246 g/mol. The topological polar surface area (TPSA) is 36.9 Å². The number of hydrogen-bond donors (Lipinski definition) is 0. The number of hydrogen-bond acceptors (Lipinski definition) is 4. The highest BCUT2D eigenvalue weighted by Gasteiger charge is 2.41. The summed E-state index contributed by atoms with van der Waals surface area (Å²) < 4.78 is 22.7. The molecular formula is C13H26O4. The van der Waals surface area contributed by atoms with E-state index in [1.165, 1.54) is 0 Å². The first-order valence-electron chi connectivity index (χ1n) is 6.67. The molecule has 1 saturated heterocycles. The van der Waals surface area contributed by atoms with Crippen molar-refractivity contribution in [3.8, 4) is 0 Å². The monoisotopic (exact) mass is 246 g/mol. The van der Waals surface area contributed by atoms with Crippen LogP contribution in [0, 0.1) is 5.92 Å². The molecule has 102 valence electrons. The summed E-state index contributed by atoms with van der Waals surface area (Å²) in [6, 6.07) is 0. The maximum Gasteiger partial charge on any atom is 0.112 e. The highest BCUT2D eigenvalue weighted by molar-refractivity contribution is 4.89. The quantitative estimate of drug-likeness (QED) is 0.655. The Balaban J connectivity index is 2.51. The lowest BCUT2D eigenvalue weighted by Crippen LogP contribution is -2.39. The van der Waals surface area contributed by atoms with E-state index < -0.39 is 0 Å². The van der Waals surface area contributed by atoms with Gasteiger partial charge < -0.3 is 18.9 Å². The summed E-state index contributed by atoms with van der Waals surface area (Å²) in [5.74, 6) is 0.331. The van der Waals surface area contributed by atoms with Crippen molar-refractivity contribution in [2.24, 2.45) is 5.92 Å². The lowest BCUT2D eigenvalue weighted by Gasteiger charge is -2.26. The zero-order valence-corrected chi connectivity index (χ0v) is 11.5. The van der Waals surface area contributed by atoms with Gasteiger partial charge in [-0.1, -0.05) is 6.92 Å². The van der Waals surface area contributed by atoms with Gasteiger partial charge in [-0.3, -0.25) is 0 Å². The predicted molar refractivity (Wildman–Crippen MR) is 66.2 cm³/mol. The van der Waals surface area contributed by atoms with Crippen LogP contribution in [0.4, 0.5) is 0 Å². The SMILES string of the molecule is CCOCC(C)C1OCC(OCC)[C@@H]1OCC. The Morgan fingerprint density at radius 2 is 1.82 bits per heavy atom. The fourth-order valence-electron chi connectivity index (χ4n) is 2.25. The standard InChI is InChI=1S/C13H26O4/c1-5-14-8-10(4)12-13(16-7-3)11(9-17-12)15-6-2/h10-13H,5-9H2,1-4H3/t10?,11?,12?,13-/m0/s1. The lowest BCUT2D eigenvalue weighted by atomic mass is 9.99. The number of rotatable bonds is 8. The Hall–Kier alpha value is -0.160. The first kappa shape index (κ1) is 14.9. The van der Waals surface area contributed by atoms with Gasteiger partial charge in [-0.25, -0.2) is 0 Å². The molecule has 0 bridgehead atoms. The summed E-state index contributed by atoms with van der Waals surface area (Å²) in [4.78, 5) is 0. The minimum absolute atomic E-state index is 0.0374. The second-order valence-corrected chi connectivity index (χ2v) is 4.35. The molecule has 1 aliphatic heterocycles. The molecule has 0 aromatic carbocycles. The Kier molecular flexibility index (Phi) is 7.04. The van der Waals surface area contributed by atoms with Gasteiger partial charge in [0, 0.05) is 25.7 Å². The minimum Gasteiger partial charge on any atom is -0.381 e. The fraction of sp³-hybridized carbons (Fsp3) is 1.00. The summed E-state index contributed by atoms with van der Waals surface area (Å²) in [7, 11) is 0. The third kappa shape index (κ3) is 4.21. The molecule has 0 aromatic heterocycles. The molecule has 1 heterocycles. The molecule has 17 heavy (non-hydrogen) atoms. The van der Waals surface area contributed by atoms with Crippen molar-refractivity contribution in [3.63, 3.8) is 0 Å². The molecule has 0 N–H and O–H groups in total. The van der Waals surface area contributed by atoms with E-state index >= 15 is 0 Å². The summed E-state index contributed by atoms with van der Waals surface area (Å²) in [5.41, 5.74) is 0. The molecule has 4 heteroatoms. The van der Waals surface area contributed by atoms with Gasteiger partial charge in [0.1, 0.15) is 12.2 Å². The molecule has 0 radical (unpaired) electrons.